The first-order valence-corrected chi connectivity index (χ1v) is 12.8. The SMILES string of the molecule is CCCCCC(CCN1C(=O)N[C@@H]2C[C@H](OS(=O)(=O)c3cccc(C)c3)C[C@@H]21)OC(C)=O. The lowest BCUT2D eigenvalue weighted by Gasteiger charge is -2.25. The Labute approximate surface area is 190 Å². The van der Waals surface area contributed by atoms with Gasteiger partial charge in [0.05, 0.1) is 23.1 Å². The number of aryl methyl sites for hydroxylation is 1. The van der Waals surface area contributed by atoms with Crippen molar-refractivity contribution in [1.82, 2.24) is 10.2 Å². The number of esters is 1. The van der Waals surface area contributed by atoms with E-state index in [1.54, 1.807) is 17.0 Å². The van der Waals surface area contributed by atoms with Crippen molar-refractivity contribution in [3.63, 3.8) is 0 Å². The number of rotatable bonds is 11. The van der Waals surface area contributed by atoms with E-state index >= 15 is 0 Å². The normalized spacial score (nSPS) is 23.7. The van der Waals surface area contributed by atoms with Gasteiger partial charge in [-0.3, -0.25) is 8.98 Å². The van der Waals surface area contributed by atoms with Crippen LogP contribution in [0, 0.1) is 6.92 Å². The van der Waals surface area contributed by atoms with Gasteiger partial charge < -0.3 is 15.0 Å². The van der Waals surface area contributed by atoms with E-state index in [-0.39, 0.29) is 35.1 Å². The molecule has 1 aliphatic heterocycles. The Kier molecular flexibility index (Phi) is 8.16. The summed E-state index contributed by atoms with van der Waals surface area (Å²) in [6, 6.07) is 6.21. The Bertz CT molecular complexity index is 919. The molecule has 1 aromatic rings. The van der Waals surface area contributed by atoms with Crippen molar-refractivity contribution in [1.29, 1.82) is 0 Å². The van der Waals surface area contributed by atoms with E-state index in [9.17, 15) is 18.0 Å². The number of carbonyl (C=O) groups excluding carboxylic acids is 2. The summed E-state index contributed by atoms with van der Waals surface area (Å²) >= 11 is 0. The molecule has 8 nitrogen and oxygen atoms in total. The van der Waals surface area contributed by atoms with Crippen LogP contribution in [-0.2, 0) is 23.8 Å². The molecule has 1 saturated carbocycles. The second kappa shape index (κ2) is 10.7. The topological polar surface area (TPSA) is 102 Å². The first kappa shape index (κ1) is 24.5. The third kappa shape index (κ3) is 6.22. The molecule has 0 aromatic heterocycles. The van der Waals surface area contributed by atoms with Crippen molar-refractivity contribution < 1.29 is 26.9 Å². The van der Waals surface area contributed by atoms with Crippen molar-refractivity contribution in [2.24, 2.45) is 0 Å². The Hall–Kier alpha value is -2.13. The number of hydrogen-bond acceptors (Lipinski definition) is 6. The zero-order valence-corrected chi connectivity index (χ0v) is 19.9. The van der Waals surface area contributed by atoms with Crippen molar-refractivity contribution in [3.05, 3.63) is 29.8 Å². The van der Waals surface area contributed by atoms with Crippen LogP contribution in [0.2, 0.25) is 0 Å². The van der Waals surface area contributed by atoms with E-state index in [0.717, 1.165) is 31.2 Å². The average molecular weight is 467 g/mol. The fourth-order valence-electron chi connectivity index (χ4n) is 4.62. The van der Waals surface area contributed by atoms with Gasteiger partial charge in [-0.15, -0.1) is 0 Å². The van der Waals surface area contributed by atoms with Crippen LogP contribution in [0.25, 0.3) is 0 Å². The summed E-state index contributed by atoms with van der Waals surface area (Å²) < 4.78 is 36.3. The molecule has 2 aliphatic rings. The van der Waals surface area contributed by atoms with E-state index in [1.165, 1.54) is 13.0 Å². The highest BCUT2D eigenvalue weighted by Gasteiger charge is 2.47. The smallest absolute Gasteiger partial charge is 0.318 e. The molecule has 1 aliphatic carbocycles. The Morgan fingerprint density at radius 2 is 2.03 bits per heavy atom. The van der Waals surface area contributed by atoms with Crippen molar-refractivity contribution in [2.45, 2.75) is 94.9 Å². The van der Waals surface area contributed by atoms with Gasteiger partial charge in [0.1, 0.15) is 6.10 Å². The van der Waals surface area contributed by atoms with Gasteiger partial charge in [0.15, 0.2) is 0 Å². The standard InChI is InChI=1S/C23H34N2O6S/c1-4-5-6-9-18(30-17(3)26)11-12-25-22-15-19(14-21(22)24-23(25)27)31-32(28,29)20-10-7-8-16(2)13-20/h7-8,10,13,18-19,21-22H,4-6,9,11-12,14-15H2,1-3H3,(H,24,27)/t18?,19-,21+,22-/m0/s1. The number of urea groups is 1. The number of hydrogen-bond donors (Lipinski definition) is 1. The van der Waals surface area contributed by atoms with Crippen molar-refractivity contribution in [2.75, 3.05) is 6.54 Å². The number of unbranched alkanes of at least 4 members (excludes halogenated alkanes) is 2. The largest absolute Gasteiger partial charge is 0.462 e. The number of fused-ring (bicyclic) bond motifs is 1. The fourth-order valence-corrected chi connectivity index (χ4v) is 5.82. The molecular weight excluding hydrogens is 432 g/mol. The predicted molar refractivity (Wildman–Crippen MR) is 120 cm³/mol. The first-order valence-electron chi connectivity index (χ1n) is 11.4. The summed E-state index contributed by atoms with van der Waals surface area (Å²) in [4.78, 5) is 25.8. The minimum Gasteiger partial charge on any atom is -0.462 e. The van der Waals surface area contributed by atoms with Crippen LogP contribution in [-0.4, -0.2) is 56.2 Å². The molecule has 178 valence electrons. The highest BCUT2D eigenvalue weighted by atomic mass is 32.2. The summed E-state index contributed by atoms with van der Waals surface area (Å²) in [5, 5.41) is 2.95. The van der Waals surface area contributed by atoms with Crippen LogP contribution < -0.4 is 5.32 Å². The average Bonchev–Trinajstić information content (AvgIpc) is 3.21. The molecule has 4 atom stereocenters. The minimum atomic E-state index is -3.87. The zero-order chi connectivity index (χ0) is 23.3. The molecule has 2 fully saturated rings. The molecule has 2 amide bonds. The lowest BCUT2D eigenvalue weighted by Crippen LogP contribution is -2.37. The molecular formula is C23H34N2O6S. The highest BCUT2D eigenvalue weighted by molar-refractivity contribution is 7.86. The molecule has 1 heterocycles. The highest BCUT2D eigenvalue weighted by Crippen LogP contribution is 2.33. The molecule has 0 radical (unpaired) electrons. The quantitative estimate of drug-likeness (QED) is 0.304. The maximum absolute atomic E-state index is 12.7. The summed E-state index contributed by atoms with van der Waals surface area (Å²) in [5.74, 6) is -0.314. The molecule has 32 heavy (non-hydrogen) atoms. The molecule has 9 heteroatoms. The number of carbonyl (C=O) groups is 2. The van der Waals surface area contributed by atoms with Crippen LogP contribution >= 0.6 is 0 Å². The molecule has 1 N–H and O–H groups in total. The molecule has 0 spiro atoms. The Morgan fingerprint density at radius 3 is 2.72 bits per heavy atom. The second-order valence-corrected chi connectivity index (χ2v) is 10.4. The summed E-state index contributed by atoms with van der Waals surface area (Å²) in [7, 11) is -3.87. The van der Waals surface area contributed by atoms with Gasteiger partial charge in [0, 0.05) is 19.9 Å². The van der Waals surface area contributed by atoms with Gasteiger partial charge in [-0.2, -0.15) is 8.42 Å². The fraction of sp³-hybridized carbons (Fsp3) is 0.652. The molecule has 0 bridgehead atoms. The number of benzene rings is 1. The van der Waals surface area contributed by atoms with Crippen LogP contribution in [0.4, 0.5) is 4.79 Å². The Balaban J connectivity index is 1.58. The van der Waals surface area contributed by atoms with Crippen molar-refractivity contribution in [3.8, 4) is 0 Å². The van der Waals surface area contributed by atoms with Gasteiger partial charge >= 0.3 is 12.0 Å². The third-order valence-corrected chi connectivity index (χ3v) is 7.51. The summed E-state index contributed by atoms with van der Waals surface area (Å²) in [5.41, 5.74) is 0.845. The zero-order valence-electron chi connectivity index (χ0n) is 19.1. The molecule has 1 saturated heterocycles. The maximum Gasteiger partial charge on any atom is 0.318 e. The van der Waals surface area contributed by atoms with Gasteiger partial charge in [0.25, 0.3) is 10.1 Å². The number of nitrogens with zero attached hydrogens (tertiary/aromatic N) is 1. The van der Waals surface area contributed by atoms with Gasteiger partial charge in [-0.05, 0) is 50.3 Å². The number of ether oxygens (including phenoxy) is 1. The molecule has 1 unspecified atom stereocenters. The van der Waals surface area contributed by atoms with E-state index in [4.69, 9.17) is 8.92 Å². The van der Waals surface area contributed by atoms with Crippen molar-refractivity contribution >= 4 is 22.1 Å². The van der Waals surface area contributed by atoms with E-state index in [1.807, 2.05) is 13.0 Å². The summed E-state index contributed by atoms with van der Waals surface area (Å²) in [6.45, 7) is 5.80. The third-order valence-electron chi connectivity index (χ3n) is 6.15. The van der Waals surface area contributed by atoms with Crippen LogP contribution in [0.1, 0.15) is 64.4 Å². The van der Waals surface area contributed by atoms with Crippen LogP contribution in [0.15, 0.2) is 29.2 Å². The summed E-state index contributed by atoms with van der Waals surface area (Å²) in [6.07, 6.45) is 4.64. The second-order valence-electron chi connectivity index (χ2n) is 8.79. The predicted octanol–water partition coefficient (Wildman–Crippen LogP) is 3.53. The minimum absolute atomic E-state index is 0.131. The van der Waals surface area contributed by atoms with E-state index < -0.39 is 16.2 Å². The van der Waals surface area contributed by atoms with Gasteiger partial charge in [0.2, 0.25) is 0 Å². The Morgan fingerprint density at radius 1 is 1.25 bits per heavy atom. The van der Waals surface area contributed by atoms with E-state index in [0.29, 0.717) is 25.8 Å². The number of nitrogens with one attached hydrogen (secondary N) is 1. The van der Waals surface area contributed by atoms with Gasteiger partial charge in [-0.1, -0.05) is 31.9 Å². The lowest BCUT2D eigenvalue weighted by molar-refractivity contribution is -0.147. The van der Waals surface area contributed by atoms with Gasteiger partial charge in [-0.25, -0.2) is 4.79 Å². The molecule has 3 rings (SSSR count). The maximum atomic E-state index is 12.7. The number of amides is 2. The monoisotopic (exact) mass is 466 g/mol. The first-order chi connectivity index (χ1) is 15.2. The van der Waals surface area contributed by atoms with Crippen LogP contribution in [0.5, 0.6) is 0 Å². The van der Waals surface area contributed by atoms with Crippen LogP contribution in [0.3, 0.4) is 0 Å². The lowest BCUT2D eigenvalue weighted by atomic mass is 10.1. The van der Waals surface area contributed by atoms with E-state index in [2.05, 4.69) is 12.2 Å². The molecule has 1 aromatic carbocycles.